The van der Waals surface area contributed by atoms with Crippen molar-refractivity contribution in [3.8, 4) is 0 Å². The minimum Gasteiger partial charge on any atom is -0.465 e. The van der Waals surface area contributed by atoms with E-state index in [0.717, 1.165) is 11.3 Å². The first-order valence-electron chi connectivity index (χ1n) is 7.40. The number of furan rings is 1. The lowest BCUT2D eigenvalue weighted by molar-refractivity contribution is 0.0520. The van der Waals surface area contributed by atoms with E-state index >= 15 is 0 Å². The van der Waals surface area contributed by atoms with E-state index in [-0.39, 0.29) is 11.8 Å². The number of carbonyl (C=O) groups is 3. The molecule has 24 heavy (non-hydrogen) atoms. The quantitative estimate of drug-likeness (QED) is 0.789. The van der Waals surface area contributed by atoms with Crippen LogP contribution >= 0.6 is 11.3 Å². The van der Waals surface area contributed by atoms with Gasteiger partial charge >= 0.3 is 5.97 Å². The van der Waals surface area contributed by atoms with Gasteiger partial charge in [0.05, 0.1) is 18.3 Å². The minimum atomic E-state index is -0.451. The van der Waals surface area contributed by atoms with E-state index in [9.17, 15) is 14.4 Å². The zero-order valence-corrected chi connectivity index (χ0v) is 13.9. The van der Waals surface area contributed by atoms with Crippen molar-refractivity contribution in [2.75, 3.05) is 33.3 Å². The fourth-order valence-corrected chi connectivity index (χ4v) is 3.38. The SMILES string of the molecule is COC(=O)c1ccc(C(=O)N2CCN(C(=O)c3ccco3)CC2)s1. The highest BCUT2D eigenvalue weighted by atomic mass is 32.1. The molecule has 0 aromatic carbocycles. The van der Waals surface area contributed by atoms with Crippen LogP contribution in [0.25, 0.3) is 0 Å². The highest BCUT2D eigenvalue weighted by molar-refractivity contribution is 7.15. The fraction of sp³-hybridized carbons (Fsp3) is 0.312. The van der Waals surface area contributed by atoms with Crippen molar-refractivity contribution in [1.82, 2.24) is 9.80 Å². The number of carbonyl (C=O) groups excluding carboxylic acids is 3. The highest BCUT2D eigenvalue weighted by Gasteiger charge is 2.27. The van der Waals surface area contributed by atoms with Crippen molar-refractivity contribution < 1.29 is 23.5 Å². The van der Waals surface area contributed by atoms with Gasteiger partial charge in [-0.1, -0.05) is 0 Å². The molecule has 2 aromatic rings. The van der Waals surface area contributed by atoms with Crippen LogP contribution in [0.3, 0.4) is 0 Å². The predicted molar refractivity (Wildman–Crippen MR) is 86.2 cm³/mol. The van der Waals surface area contributed by atoms with Crippen molar-refractivity contribution in [2.24, 2.45) is 0 Å². The van der Waals surface area contributed by atoms with Gasteiger partial charge in [0.25, 0.3) is 11.8 Å². The number of methoxy groups -OCH3 is 1. The van der Waals surface area contributed by atoms with E-state index in [0.29, 0.717) is 41.7 Å². The van der Waals surface area contributed by atoms with E-state index in [1.165, 1.54) is 13.4 Å². The summed E-state index contributed by atoms with van der Waals surface area (Å²) in [5, 5.41) is 0. The van der Waals surface area contributed by atoms with Crippen molar-refractivity contribution in [2.45, 2.75) is 0 Å². The van der Waals surface area contributed by atoms with Crippen LogP contribution in [0.2, 0.25) is 0 Å². The molecule has 3 rings (SSSR count). The number of ether oxygens (including phenoxy) is 1. The molecule has 1 aliphatic rings. The molecule has 0 radical (unpaired) electrons. The molecule has 1 fully saturated rings. The van der Waals surface area contributed by atoms with Gasteiger partial charge in [0.15, 0.2) is 5.76 Å². The Morgan fingerprint density at radius 1 is 1.00 bits per heavy atom. The van der Waals surface area contributed by atoms with Crippen molar-refractivity contribution in [3.63, 3.8) is 0 Å². The molecule has 3 heterocycles. The lowest BCUT2D eigenvalue weighted by Gasteiger charge is -2.34. The predicted octanol–water partition coefficient (Wildman–Crippen LogP) is 1.73. The van der Waals surface area contributed by atoms with E-state index < -0.39 is 5.97 Å². The van der Waals surface area contributed by atoms with Gasteiger partial charge in [-0.15, -0.1) is 11.3 Å². The molecule has 0 saturated carbocycles. The van der Waals surface area contributed by atoms with E-state index in [4.69, 9.17) is 4.42 Å². The van der Waals surface area contributed by atoms with Gasteiger partial charge in [-0.2, -0.15) is 0 Å². The van der Waals surface area contributed by atoms with Gasteiger partial charge in [0.1, 0.15) is 4.88 Å². The Bertz CT molecular complexity index is 744. The number of rotatable bonds is 3. The van der Waals surface area contributed by atoms with E-state index in [1.807, 2.05) is 0 Å². The molecule has 1 aliphatic heterocycles. The number of nitrogens with zero attached hydrogens (tertiary/aromatic N) is 2. The fourth-order valence-electron chi connectivity index (χ4n) is 2.49. The summed E-state index contributed by atoms with van der Waals surface area (Å²) in [6.45, 7) is 1.77. The Morgan fingerprint density at radius 2 is 1.62 bits per heavy atom. The first kappa shape index (κ1) is 16.3. The number of piperazine rings is 1. The van der Waals surface area contributed by atoms with Gasteiger partial charge in [0, 0.05) is 26.2 Å². The molecule has 0 unspecified atom stereocenters. The second-order valence-corrected chi connectivity index (χ2v) is 6.30. The molecular weight excluding hydrogens is 332 g/mol. The topological polar surface area (TPSA) is 80.1 Å². The number of amides is 2. The second kappa shape index (κ2) is 6.88. The summed E-state index contributed by atoms with van der Waals surface area (Å²) in [4.78, 5) is 40.4. The standard InChI is InChI=1S/C16H16N2O5S/c1-22-16(21)13-5-4-12(24-13)15(20)18-8-6-17(7-9-18)14(19)11-3-2-10-23-11/h2-5,10H,6-9H2,1H3. The van der Waals surface area contributed by atoms with Gasteiger partial charge in [0.2, 0.25) is 0 Å². The molecule has 8 heteroatoms. The normalized spacial score (nSPS) is 14.5. The number of esters is 1. The van der Waals surface area contributed by atoms with Crippen LogP contribution in [-0.2, 0) is 4.74 Å². The van der Waals surface area contributed by atoms with Crippen LogP contribution < -0.4 is 0 Å². The van der Waals surface area contributed by atoms with Crippen molar-refractivity contribution >= 4 is 29.1 Å². The molecule has 0 bridgehead atoms. The third-order valence-corrected chi connectivity index (χ3v) is 4.84. The monoisotopic (exact) mass is 348 g/mol. The summed E-state index contributed by atoms with van der Waals surface area (Å²) < 4.78 is 9.76. The van der Waals surface area contributed by atoms with Crippen LogP contribution in [-0.4, -0.2) is 60.9 Å². The van der Waals surface area contributed by atoms with Gasteiger partial charge in [-0.05, 0) is 24.3 Å². The molecular formula is C16H16N2O5S. The summed E-state index contributed by atoms with van der Waals surface area (Å²) in [7, 11) is 1.30. The summed E-state index contributed by atoms with van der Waals surface area (Å²) in [6, 6.07) is 6.50. The molecule has 1 saturated heterocycles. The molecule has 0 atom stereocenters. The van der Waals surface area contributed by atoms with Crippen LogP contribution in [0.1, 0.15) is 29.9 Å². The maximum atomic E-state index is 12.5. The first-order valence-corrected chi connectivity index (χ1v) is 8.22. The van der Waals surface area contributed by atoms with Gasteiger partial charge < -0.3 is 19.0 Å². The van der Waals surface area contributed by atoms with Gasteiger partial charge in [-0.25, -0.2) is 4.79 Å². The second-order valence-electron chi connectivity index (χ2n) is 5.22. The molecule has 0 N–H and O–H groups in total. The zero-order valence-electron chi connectivity index (χ0n) is 13.1. The van der Waals surface area contributed by atoms with Crippen LogP contribution in [0.15, 0.2) is 34.9 Å². The third-order valence-electron chi connectivity index (χ3n) is 3.79. The first-order chi connectivity index (χ1) is 11.6. The molecule has 2 aromatic heterocycles. The molecule has 126 valence electrons. The Hall–Kier alpha value is -2.61. The summed E-state index contributed by atoms with van der Waals surface area (Å²) in [5.74, 6) is -0.458. The Kier molecular flexibility index (Phi) is 4.66. The average Bonchev–Trinajstić information content (AvgIpc) is 3.31. The lowest BCUT2D eigenvalue weighted by Crippen LogP contribution is -2.50. The molecule has 7 nitrogen and oxygen atoms in total. The molecule has 0 aliphatic carbocycles. The van der Waals surface area contributed by atoms with Crippen LogP contribution in [0, 0.1) is 0 Å². The Morgan fingerprint density at radius 3 is 2.21 bits per heavy atom. The number of hydrogen-bond acceptors (Lipinski definition) is 6. The largest absolute Gasteiger partial charge is 0.465 e. The maximum Gasteiger partial charge on any atom is 0.348 e. The lowest BCUT2D eigenvalue weighted by atomic mass is 10.2. The number of thiophene rings is 1. The van der Waals surface area contributed by atoms with Crippen LogP contribution in [0.5, 0.6) is 0 Å². The smallest absolute Gasteiger partial charge is 0.348 e. The Labute approximate surface area is 142 Å². The van der Waals surface area contributed by atoms with Crippen molar-refractivity contribution in [3.05, 3.63) is 46.0 Å². The van der Waals surface area contributed by atoms with E-state index in [2.05, 4.69) is 4.74 Å². The third kappa shape index (κ3) is 3.18. The summed E-state index contributed by atoms with van der Waals surface area (Å²) in [5.41, 5.74) is 0. The highest BCUT2D eigenvalue weighted by Crippen LogP contribution is 2.20. The maximum absolute atomic E-state index is 12.5. The zero-order chi connectivity index (χ0) is 17.1. The summed E-state index contributed by atoms with van der Waals surface area (Å²) in [6.07, 6.45) is 1.46. The van der Waals surface area contributed by atoms with Crippen LogP contribution in [0.4, 0.5) is 0 Å². The minimum absolute atomic E-state index is 0.139. The summed E-state index contributed by atoms with van der Waals surface area (Å²) >= 11 is 1.11. The van der Waals surface area contributed by atoms with E-state index in [1.54, 1.807) is 34.1 Å². The molecule has 0 spiro atoms. The van der Waals surface area contributed by atoms with Crippen molar-refractivity contribution in [1.29, 1.82) is 0 Å². The average molecular weight is 348 g/mol. The Balaban J connectivity index is 1.60. The number of hydrogen-bond donors (Lipinski definition) is 0. The van der Waals surface area contributed by atoms with Gasteiger partial charge in [-0.3, -0.25) is 9.59 Å². The molecule has 2 amide bonds.